The summed E-state index contributed by atoms with van der Waals surface area (Å²) in [7, 11) is 0. The second-order valence-electron chi connectivity index (χ2n) is 6.00. The van der Waals surface area contributed by atoms with Crippen LogP contribution in [0.2, 0.25) is 0 Å². The van der Waals surface area contributed by atoms with Gasteiger partial charge in [-0.1, -0.05) is 18.2 Å². The van der Waals surface area contributed by atoms with Crippen molar-refractivity contribution in [3.63, 3.8) is 0 Å². The first-order valence-corrected chi connectivity index (χ1v) is 7.77. The zero-order valence-electron chi connectivity index (χ0n) is 12.5. The van der Waals surface area contributed by atoms with Crippen LogP contribution >= 0.6 is 0 Å². The van der Waals surface area contributed by atoms with Crippen LogP contribution in [0.25, 0.3) is 11.1 Å². The highest BCUT2D eigenvalue weighted by Crippen LogP contribution is 2.38. The Kier molecular flexibility index (Phi) is 3.28. The first-order valence-electron chi connectivity index (χ1n) is 7.77. The highest BCUT2D eigenvalue weighted by Gasteiger charge is 2.38. The van der Waals surface area contributed by atoms with Gasteiger partial charge in [0.1, 0.15) is 5.75 Å². The van der Waals surface area contributed by atoms with E-state index in [1.807, 2.05) is 18.2 Å². The lowest BCUT2D eigenvalue weighted by Crippen LogP contribution is -2.49. The minimum Gasteiger partial charge on any atom is -0.462 e. The molecular weight excluding hydrogens is 276 g/mol. The maximum Gasteiger partial charge on any atom is 0.213 e. The largest absolute Gasteiger partial charge is 0.462 e. The average molecular weight is 296 g/mol. The molecule has 2 aromatic carbocycles. The van der Waals surface area contributed by atoms with E-state index in [0.717, 1.165) is 54.1 Å². The van der Waals surface area contributed by atoms with E-state index in [2.05, 4.69) is 29.6 Å². The molecule has 0 amide bonds. The summed E-state index contributed by atoms with van der Waals surface area (Å²) in [6.07, 6.45) is 1.78. The SMILES string of the molecule is Nc1cccc(-c2ccc3c(c2)COC2(CCNCC2)O3)c1. The van der Waals surface area contributed by atoms with Gasteiger partial charge in [0.15, 0.2) is 0 Å². The predicted octanol–water partition coefficient (Wildman–Crippen LogP) is 2.92. The number of benzene rings is 2. The minimum atomic E-state index is -0.434. The third-order valence-electron chi connectivity index (χ3n) is 4.43. The Bertz CT molecular complexity index is 693. The van der Waals surface area contributed by atoms with Gasteiger partial charge in [0.05, 0.1) is 6.61 Å². The molecule has 1 fully saturated rings. The number of ether oxygens (including phenoxy) is 2. The van der Waals surface area contributed by atoms with E-state index in [9.17, 15) is 0 Å². The molecule has 0 saturated carbocycles. The summed E-state index contributed by atoms with van der Waals surface area (Å²) >= 11 is 0. The van der Waals surface area contributed by atoms with Crippen molar-refractivity contribution in [3.05, 3.63) is 48.0 Å². The van der Waals surface area contributed by atoms with Gasteiger partial charge in [-0.2, -0.15) is 0 Å². The quantitative estimate of drug-likeness (QED) is 0.795. The van der Waals surface area contributed by atoms with Gasteiger partial charge in [0, 0.05) is 37.2 Å². The smallest absolute Gasteiger partial charge is 0.213 e. The molecular formula is C18H20N2O2. The number of nitrogens with one attached hydrogen (secondary N) is 1. The van der Waals surface area contributed by atoms with Crippen LogP contribution in [-0.2, 0) is 11.3 Å². The van der Waals surface area contributed by atoms with Gasteiger partial charge >= 0.3 is 0 Å². The van der Waals surface area contributed by atoms with Crippen LogP contribution in [0, 0.1) is 0 Å². The van der Waals surface area contributed by atoms with Crippen molar-refractivity contribution in [1.29, 1.82) is 0 Å². The molecule has 0 atom stereocenters. The lowest BCUT2D eigenvalue weighted by atomic mass is 9.99. The van der Waals surface area contributed by atoms with Gasteiger partial charge in [0.25, 0.3) is 0 Å². The Hall–Kier alpha value is -2.04. The molecule has 114 valence electrons. The molecule has 1 spiro atoms. The van der Waals surface area contributed by atoms with E-state index in [0.29, 0.717) is 6.61 Å². The number of hydrogen-bond donors (Lipinski definition) is 2. The Morgan fingerprint density at radius 3 is 2.64 bits per heavy atom. The summed E-state index contributed by atoms with van der Waals surface area (Å²) in [6.45, 7) is 2.49. The van der Waals surface area contributed by atoms with E-state index in [1.54, 1.807) is 0 Å². The fourth-order valence-corrected chi connectivity index (χ4v) is 3.18. The fraction of sp³-hybridized carbons (Fsp3) is 0.333. The van der Waals surface area contributed by atoms with Crippen LogP contribution in [0.15, 0.2) is 42.5 Å². The van der Waals surface area contributed by atoms with Crippen LogP contribution in [0.3, 0.4) is 0 Å². The molecule has 2 aliphatic rings. The van der Waals surface area contributed by atoms with Crippen molar-refractivity contribution in [2.45, 2.75) is 25.2 Å². The first-order chi connectivity index (χ1) is 10.7. The fourth-order valence-electron chi connectivity index (χ4n) is 3.18. The number of hydrogen-bond acceptors (Lipinski definition) is 4. The first kappa shape index (κ1) is 13.6. The summed E-state index contributed by atoms with van der Waals surface area (Å²) in [5.74, 6) is 0.512. The number of piperidine rings is 1. The van der Waals surface area contributed by atoms with Gasteiger partial charge in [-0.05, 0) is 35.4 Å². The second-order valence-corrected chi connectivity index (χ2v) is 6.00. The molecule has 0 radical (unpaired) electrons. The molecule has 0 bridgehead atoms. The second kappa shape index (κ2) is 5.30. The molecule has 4 rings (SSSR count). The minimum absolute atomic E-state index is 0.434. The summed E-state index contributed by atoms with van der Waals surface area (Å²) in [5.41, 5.74) is 10.0. The third-order valence-corrected chi connectivity index (χ3v) is 4.43. The number of nitrogens with two attached hydrogens (primary N) is 1. The van der Waals surface area contributed by atoms with E-state index < -0.39 is 5.79 Å². The molecule has 0 unspecified atom stereocenters. The van der Waals surface area contributed by atoms with Crippen LogP contribution in [-0.4, -0.2) is 18.9 Å². The Morgan fingerprint density at radius 2 is 1.82 bits per heavy atom. The number of anilines is 1. The zero-order valence-corrected chi connectivity index (χ0v) is 12.5. The Morgan fingerprint density at radius 1 is 1.00 bits per heavy atom. The zero-order chi connectivity index (χ0) is 15.0. The topological polar surface area (TPSA) is 56.5 Å². The van der Waals surface area contributed by atoms with Gasteiger partial charge in [-0.15, -0.1) is 0 Å². The van der Waals surface area contributed by atoms with Crippen molar-refractivity contribution in [2.24, 2.45) is 0 Å². The standard InChI is InChI=1S/C18H20N2O2/c19-16-3-1-2-13(11-16)14-4-5-17-15(10-14)12-21-18(22-17)6-8-20-9-7-18/h1-5,10-11,20H,6-9,12,19H2. The van der Waals surface area contributed by atoms with Gasteiger partial charge in [0.2, 0.25) is 5.79 Å². The van der Waals surface area contributed by atoms with Gasteiger partial charge in [-0.25, -0.2) is 0 Å². The maximum absolute atomic E-state index is 6.19. The highest BCUT2D eigenvalue weighted by molar-refractivity contribution is 5.69. The summed E-state index contributed by atoms with van der Waals surface area (Å²) in [6, 6.07) is 14.2. The van der Waals surface area contributed by atoms with E-state index in [-0.39, 0.29) is 0 Å². The molecule has 2 aromatic rings. The van der Waals surface area contributed by atoms with Crippen LogP contribution in [0.4, 0.5) is 5.69 Å². The Labute approximate surface area is 130 Å². The van der Waals surface area contributed by atoms with Crippen LogP contribution in [0.1, 0.15) is 18.4 Å². The summed E-state index contributed by atoms with van der Waals surface area (Å²) < 4.78 is 12.2. The van der Waals surface area contributed by atoms with Crippen molar-refractivity contribution in [3.8, 4) is 16.9 Å². The number of fused-ring (bicyclic) bond motifs is 1. The molecule has 0 aliphatic carbocycles. The monoisotopic (exact) mass is 296 g/mol. The van der Waals surface area contributed by atoms with E-state index in [1.165, 1.54) is 0 Å². The number of nitrogen functional groups attached to an aromatic ring is 1. The highest BCUT2D eigenvalue weighted by atomic mass is 16.7. The number of rotatable bonds is 1. The van der Waals surface area contributed by atoms with Crippen molar-refractivity contribution in [1.82, 2.24) is 5.32 Å². The van der Waals surface area contributed by atoms with E-state index in [4.69, 9.17) is 15.2 Å². The molecule has 22 heavy (non-hydrogen) atoms. The molecule has 0 aromatic heterocycles. The lowest BCUT2D eigenvalue weighted by molar-refractivity contribution is -0.218. The molecule has 2 heterocycles. The molecule has 3 N–H and O–H groups in total. The molecule has 4 heteroatoms. The Balaban J connectivity index is 1.63. The lowest BCUT2D eigenvalue weighted by Gasteiger charge is -2.41. The summed E-state index contributed by atoms with van der Waals surface area (Å²) in [5, 5.41) is 3.34. The van der Waals surface area contributed by atoms with Crippen molar-refractivity contribution in [2.75, 3.05) is 18.8 Å². The summed E-state index contributed by atoms with van der Waals surface area (Å²) in [4.78, 5) is 0. The van der Waals surface area contributed by atoms with Crippen molar-refractivity contribution < 1.29 is 9.47 Å². The molecule has 1 saturated heterocycles. The normalized spacial score (nSPS) is 19.5. The molecule has 4 nitrogen and oxygen atoms in total. The van der Waals surface area contributed by atoms with Crippen LogP contribution < -0.4 is 15.8 Å². The van der Waals surface area contributed by atoms with Crippen LogP contribution in [0.5, 0.6) is 5.75 Å². The van der Waals surface area contributed by atoms with Crippen molar-refractivity contribution >= 4 is 5.69 Å². The van der Waals surface area contributed by atoms with Gasteiger partial charge in [-0.3, -0.25) is 0 Å². The van der Waals surface area contributed by atoms with E-state index >= 15 is 0 Å². The maximum atomic E-state index is 6.19. The van der Waals surface area contributed by atoms with Gasteiger partial charge < -0.3 is 20.5 Å². The average Bonchev–Trinajstić information content (AvgIpc) is 2.55. The molecule has 2 aliphatic heterocycles. The predicted molar refractivity (Wildman–Crippen MR) is 86.5 cm³/mol. The third kappa shape index (κ3) is 2.45.